The second kappa shape index (κ2) is 8.85. The van der Waals surface area contributed by atoms with Gasteiger partial charge in [-0.25, -0.2) is 0 Å². The summed E-state index contributed by atoms with van der Waals surface area (Å²) in [6.07, 6.45) is -0.286. The summed E-state index contributed by atoms with van der Waals surface area (Å²) in [6, 6.07) is 6.80. The predicted octanol–water partition coefficient (Wildman–Crippen LogP) is 2.07. The first-order chi connectivity index (χ1) is 13.1. The maximum atomic E-state index is 12.4. The van der Waals surface area contributed by atoms with E-state index < -0.39 is 0 Å². The molecule has 1 aromatic carbocycles. The number of anilines is 2. The van der Waals surface area contributed by atoms with Gasteiger partial charge in [-0.2, -0.15) is 0 Å². The molecule has 8 nitrogen and oxygen atoms in total. The fourth-order valence-corrected chi connectivity index (χ4v) is 3.18. The lowest BCUT2D eigenvalue weighted by molar-refractivity contribution is -0.118. The van der Waals surface area contributed by atoms with Crippen molar-refractivity contribution in [1.82, 2.24) is 0 Å². The van der Waals surface area contributed by atoms with E-state index in [1.54, 1.807) is 24.3 Å². The summed E-state index contributed by atoms with van der Waals surface area (Å²) in [4.78, 5) is 25.3. The molecular formula is C18H21N3O5S. The van der Waals surface area contributed by atoms with Crippen LogP contribution < -0.4 is 25.8 Å². The van der Waals surface area contributed by atoms with Crippen LogP contribution in [-0.2, 0) is 9.53 Å². The van der Waals surface area contributed by atoms with Gasteiger partial charge >= 0.3 is 0 Å². The summed E-state index contributed by atoms with van der Waals surface area (Å²) >= 11 is 1.33. The number of hydrogen-bond donors (Lipinski definition) is 3. The van der Waals surface area contributed by atoms with Crippen molar-refractivity contribution in [3.8, 4) is 11.5 Å². The predicted molar refractivity (Wildman–Crippen MR) is 103 cm³/mol. The van der Waals surface area contributed by atoms with Crippen molar-refractivity contribution in [2.24, 2.45) is 5.73 Å². The van der Waals surface area contributed by atoms with Crippen molar-refractivity contribution < 1.29 is 23.8 Å². The van der Waals surface area contributed by atoms with Crippen LogP contribution in [0.15, 0.2) is 29.6 Å². The molecule has 0 spiro atoms. The van der Waals surface area contributed by atoms with E-state index in [4.69, 9.17) is 19.9 Å². The first-order valence-electron chi connectivity index (χ1n) is 8.42. The van der Waals surface area contributed by atoms with Crippen LogP contribution in [0.3, 0.4) is 0 Å². The molecule has 0 aliphatic carbocycles. The minimum absolute atomic E-state index is 0.0970. The van der Waals surface area contributed by atoms with Crippen LogP contribution in [0.4, 0.5) is 11.4 Å². The van der Waals surface area contributed by atoms with E-state index in [2.05, 4.69) is 10.6 Å². The zero-order valence-corrected chi connectivity index (χ0v) is 15.6. The van der Waals surface area contributed by atoms with Crippen molar-refractivity contribution in [2.75, 3.05) is 37.5 Å². The van der Waals surface area contributed by atoms with E-state index in [-0.39, 0.29) is 30.9 Å². The summed E-state index contributed by atoms with van der Waals surface area (Å²) < 4.78 is 16.3. The third-order valence-corrected chi connectivity index (χ3v) is 4.83. The van der Waals surface area contributed by atoms with Gasteiger partial charge in [0.1, 0.15) is 13.2 Å². The average molecular weight is 391 g/mol. The second-order valence-corrected chi connectivity index (χ2v) is 6.77. The normalized spacial score (nSPS) is 13.7. The van der Waals surface area contributed by atoms with Gasteiger partial charge in [0, 0.05) is 25.8 Å². The van der Waals surface area contributed by atoms with E-state index in [9.17, 15) is 9.59 Å². The largest absolute Gasteiger partial charge is 0.486 e. The molecule has 2 aromatic rings. The second-order valence-electron chi connectivity index (χ2n) is 5.82. The number of benzene rings is 1. The van der Waals surface area contributed by atoms with Gasteiger partial charge in [0.2, 0.25) is 5.91 Å². The Morgan fingerprint density at radius 3 is 2.44 bits per heavy atom. The number of carbonyl (C=O) groups is 2. The van der Waals surface area contributed by atoms with Crippen molar-refractivity contribution in [3.63, 3.8) is 0 Å². The van der Waals surface area contributed by atoms with Gasteiger partial charge in [0.05, 0.1) is 28.8 Å². The maximum Gasteiger partial charge on any atom is 0.265 e. The third kappa shape index (κ3) is 4.76. The van der Waals surface area contributed by atoms with E-state index in [0.717, 1.165) is 0 Å². The van der Waals surface area contributed by atoms with Gasteiger partial charge in [-0.1, -0.05) is 6.07 Å². The number of rotatable bonds is 7. The number of ether oxygens (including phenoxy) is 3. The Balaban J connectivity index is 1.83. The molecule has 2 amide bonds. The van der Waals surface area contributed by atoms with Crippen molar-refractivity contribution in [2.45, 2.75) is 12.5 Å². The first kappa shape index (κ1) is 19.2. The Hall–Kier alpha value is -2.62. The Morgan fingerprint density at radius 1 is 1.22 bits per heavy atom. The lowest BCUT2D eigenvalue weighted by Crippen LogP contribution is -2.28. The molecule has 1 aliphatic rings. The molecule has 9 heteroatoms. The zero-order chi connectivity index (χ0) is 19.2. The van der Waals surface area contributed by atoms with Crippen LogP contribution in [0, 0.1) is 0 Å². The summed E-state index contributed by atoms with van der Waals surface area (Å²) in [5.74, 6) is 0.467. The zero-order valence-electron chi connectivity index (χ0n) is 14.8. The molecule has 0 radical (unpaired) electrons. The molecular weight excluding hydrogens is 370 g/mol. The molecule has 3 rings (SSSR count). The number of nitrogens with one attached hydrogen (secondary N) is 2. The van der Waals surface area contributed by atoms with Crippen LogP contribution in [0.25, 0.3) is 0 Å². The quantitative estimate of drug-likeness (QED) is 0.666. The van der Waals surface area contributed by atoms with Gasteiger partial charge in [0.25, 0.3) is 5.91 Å². The van der Waals surface area contributed by atoms with Gasteiger partial charge in [-0.3, -0.25) is 9.59 Å². The lowest BCUT2D eigenvalue weighted by Gasteiger charge is -2.22. The van der Waals surface area contributed by atoms with E-state index >= 15 is 0 Å². The monoisotopic (exact) mass is 391 g/mol. The highest BCUT2D eigenvalue weighted by Gasteiger charge is 2.20. The van der Waals surface area contributed by atoms with Crippen molar-refractivity contribution >= 4 is 34.5 Å². The standard InChI is InChI=1S/C18H21N3O5S/c1-24-11(10-19)7-17(22)20-12-8-14-15(26-5-4-25-14)9-13(12)21-18(23)16-3-2-6-27-16/h2-3,6,8-9,11H,4-5,7,10,19H2,1H3,(H,20,22)(H,21,23). The van der Waals surface area contributed by atoms with Crippen molar-refractivity contribution in [3.05, 3.63) is 34.5 Å². The van der Waals surface area contributed by atoms with E-state index in [1.165, 1.54) is 18.4 Å². The number of thiophene rings is 1. The van der Waals surface area contributed by atoms with Crippen molar-refractivity contribution in [1.29, 1.82) is 0 Å². The van der Waals surface area contributed by atoms with Crippen LogP contribution >= 0.6 is 11.3 Å². The number of nitrogens with two attached hydrogens (primary N) is 1. The first-order valence-corrected chi connectivity index (χ1v) is 9.30. The topological polar surface area (TPSA) is 112 Å². The maximum absolute atomic E-state index is 12.4. The molecule has 0 saturated heterocycles. The van der Waals surface area contributed by atoms with Crippen LogP contribution in [0.2, 0.25) is 0 Å². The summed E-state index contributed by atoms with van der Waals surface area (Å²) in [5, 5.41) is 7.42. The molecule has 2 heterocycles. The number of amides is 2. The summed E-state index contributed by atoms with van der Waals surface area (Å²) in [5.41, 5.74) is 6.41. The number of methoxy groups -OCH3 is 1. The van der Waals surface area contributed by atoms with Gasteiger partial charge in [-0.05, 0) is 11.4 Å². The highest BCUT2D eigenvalue weighted by atomic mass is 32.1. The number of carbonyl (C=O) groups excluding carboxylic acids is 2. The summed E-state index contributed by atoms with van der Waals surface area (Å²) in [6.45, 7) is 1.07. The van der Waals surface area contributed by atoms with Gasteiger partial charge < -0.3 is 30.6 Å². The lowest BCUT2D eigenvalue weighted by atomic mass is 10.2. The minimum Gasteiger partial charge on any atom is -0.486 e. The summed E-state index contributed by atoms with van der Waals surface area (Å²) in [7, 11) is 1.50. The highest BCUT2D eigenvalue weighted by Crippen LogP contribution is 2.38. The Bertz CT molecular complexity index is 806. The molecule has 144 valence electrons. The minimum atomic E-state index is -0.383. The molecule has 1 aliphatic heterocycles. The van der Waals surface area contributed by atoms with Crippen LogP contribution in [-0.4, -0.2) is 44.8 Å². The molecule has 0 bridgehead atoms. The molecule has 0 saturated carbocycles. The average Bonchev–Trinajstić information content (AvgIpc) is 3.21. The number of fused-ring (bicyclic) bond motifs is 1. The highest BCUT2D eigenvalue weighted by molar-refractivity contribution is 7.12. The van der Waals surface area contributed by atoms with Gasteiger partial charge in [-0.15, -0.1) is 11.3 Å². The fourth-order valence-electron chi connectivity index (χ4n) is 2.56. The van der Waals surface area contributed by atoms with E-state index in [1.807, 2.05) is 5.38 Å². The third-order valence-electron chi connectivity index (χ3n) is 3.96. The van der Waals surface area contributed by atoms with Crippen LogP contribution in [0.1, 0.15) is 16.1 Å². The Morgan fingerprint density at radius 2 is 1.89 bits per heavy atom. The van der Waals surface area contributed by atoms with Crippen LogP contribution in [0.5, 0.6) is 11.5 Å². The SMILES string of the molecule is COC(CN)CC(=O)Nc1cc2c(cc1NC(=O)c1cccs1)OCCO2. The molecule has 0 fully saturated rings. The smallest absolute Gasteiger partial charge is 0.265 e. The molecule has 1 atom stereocenters. The molecule has 1 aromatic heterocycles. The fraction of sp³-hybridized carbons (Fsp3) is 0.333. The Kier molecular flexibility index (Phi) is 6.28. The molecule has 1 unspecified atom stereocenters. The number of hydrogen-bond acceptors (Lipinski definition) is 7. The van der Waals surface area contributed by atoms with E-state index in [0.29, 0.717) is 41.0 Å². The molecule has 27 heavy (non-hydrogen) atoms. The molecule has 4 N–H and O–H groups in total. The van der Waals surface area contributed by atoms with Gasteiger partial charge in [0.15, 0.2) is 11.5 Å². The Labute approximate surface area is 160 Å².